The molecule has 0 amide bonds. The Balaban J connectivity index is 1.40. The van der Waals surface area contributed by atoms with Crippen LogP contribution in [0.1, 0.15) is 35.8 Å². The predicted octanol–water partition coefficient (Wildman–Crippen LogP) is 4.71. The topological polar surface area (TPSA) is 76.0 Å². The van der Waals surface area contributed by atoms with Gasteiger partial charge in [0, 0.05) is 46.5 Å². The molecule has 0 saturated carbocycles. The summed E-state index contributed by atoms with van der Waals surface area (Å²) in [4.78, 5) is 25.9. The van der Waals surface area contributed by atoms with Crippen LogP contribution >= 0.6 is 11.3 Å². The van der Waals surface area contributed by atoms with Crippen molar-refractivity contribution in [3.63, 3.8) is 0 Å². The first kappa shape index (κ1) is 20.1. The summed E-state index contributed by atoms with van der Waals surface area (Å²) in [6, 6.07) is 6.22. The van der Waals surface area contributed by atoms with Gasteiger partial charge < -0.3 is 23.5 Å². The summed E-state index contributed by atoms with van der Waals surface area (Å²) in [5, 5.41) is 3.00. The molecule has 3 aliphatic rings. The lowest BCUT2D eigenvalue weighted by atomic mass is 9.97. The standard InChI is InChI=1S/C25H21NO6S/c1-12-8-19(32-25(12)28)31-10-16-13(2)20-15-9-14(4-5-17(15)26(3)21(20)22(16)27)24-23-18(11-33-24)29-6-7-30-23/h4-5,8-11,13,19H,6-7H2,1-3H3. The molecule has 0 N–H and O–H groups in total. The zero-order valence-electron chi connectivity index (χ0n) is 18.3. The Morgan fingerprint density at radius 1 is 1.21 bits per heavy atom. The van der Waals surface area contributed by atoms with Crippen molar-refractivity contribution in [2.24, 2.45) is 7.05 Å². The molecule has 7 nitrogen and oxygen atoms in total. The number of hydrogen-bond acceptors (Lipinski definition) is 7. The average Bonchev–Trinajstić information content (AvgIpc) is 3.52. The number of aryl methyl sites for hydroxylation is 1. The second-order valence-corrected chi connectivity index (χ2v) is 9.27. The number of carbonyl (C=O) groups is 2. The van der Waals surface area contributed by atoms with E-state index in [1.54, 1.807) is 24.3 Å². The molecule has 2 aliphatic heterocycles. The van der Waals surface area contributed by atoms with Gasteiger partial charge in [0.2, 0.25) is 5.78 Å². The number of ether oxygens (including phenoxy) is 4. The normalized spacial score (nSPS) is 22.6. The van der Waals surface area contributed by atoms with Crippen LogP contribution in [0.15, 0.2) is 47.1 Å². The number of Topliss-reactive ketones (excluding diaryl/α,β-unsaturated/α-hetero) is 1. The second kappa shape index (κ2) is 7.25. The van der Waals surface area contributed by atoms with E-state index in [1.807, 2.05) is 30.0 Å². The van der Waals surface area contributed by atoms with E-state index in [0.717, 1.165) is 38.4 Å². The zero-order valence-corrected chi connectivity index (χ0v) is 19.2. The molecule has 2 unspecified atom stereocenters. The van der Waals surface area contributed by atoms with Crippen molar-refractivity contribution in [1.82, 2.24) is 4.57 Å². The van der Waals surface area contributed by atoms with Gasteiger partial charge in [-0.3, -0.25) is 4.79 Å². The fourth-order valence-electron chi connectivity index (χ4n) is 4.75. The first-order valence-electron chi connectivity index (χ1n) is 10.7. The maximum atomic E-state index is 13.3. The van der Waals surface area contributed by atoms with Gasteiger partial charge in [-0.05, 0) is 30.2 Å². The van der Waals surface area contributed by atoms with Crippen LogP contribution in [0, 0.1) is 0 Å². The number of ketones is 1. The average molecular weight is 464 g/mol. The van der Waals surface area contributed by atoms with Crippen LogP contribution < -0.4 is 9.47 Å². The van der Waals surface area contributed by atoms with E-state index >= 15 is 0 Å². The number of hydrogen-bond donors (Lipinski definition) is 0. The molecule has 2 aromatic heterocycles. The summed E-state index contributed by atoms with van der Waals surface area (Å²) in [5.74, 6) is 0.919. The molecule has 4 heterocycles. The molecule has 1 aromatic carbocycles. The predicted molar refractivity (Wildman–Crippen MR) is 123 cm³/mol. The third-order valence-electron chi connectivity index (χ3n) is 6.44. The lowest BCUT2D eigenvalue weighted by Gasteiger charge is -2.16. The van der Waals surface area contributed by atoms with Crippen molar-refractivity contribution < 1.29 is 28.5 Å². The van der Waals surface area contributed by atoms with Gasteiger partial charge in [-0.2, -0.15) is 0 Å². The Bertz CT molecular complexity index is 1410. The second-order valence-electron chi connectivity index (χ2n) is 8.39. The van der Waals surface area contributed by atoms with Crippen LogP contribution in [0.2, 0.25) is 0 Å². The molecule has 3 aromatic rings. The molecule has 0 bridgehead atoms. The fraction of sp³-hybridized carbons (Fsp3) is 0.280. The summed E-state index contributed by atoms with van der Waals surface area (Å²) in [6.45, 7) is 4.76. The van der Waals surface area contributed by atoms with Gasteiger partial charge in [0.25, 0.3) is 6.29 Å². The smallest absolute Gasteiger partial charge is 0.336 e. The minimum Gasteiger partial charge on any atom is -0.485 e. The van der Waals surface area contributed by atoms with Gasteiger partial charge in [0.15, 0.2) is 11.5 Å². The van der Waals surface area contributed by atoms with Crippen LogP contribution in [0.5, 0.6) is 11.5 Å². The number of esters is 1. The summed E-state index contributed by atoms with van der Waals surface area (Å²) in [7, 11) is 1.91. The van der Waals surface area contributed by atoms with E-state index in [1.165, 1.54) is 6.26 Å². The number of benzene rings is 1. The first-order valence-corrected chi connectivity index (χ1v) is 11.6. The van der Waals surface area contributed by atoms with E-state index in [9.17, 15) is 9.59 Å². The van der Waals surface area contributed by atoms with Crippen molar-refractivity contribution in [2.75, 3.05) is 13.2 Å². The van der Waals surface area contributed by atoms with Crippen molar-refractivity contribution in [2.45, 2.75) is 26.1 Å². The minimum atomic E-state index is -0.802. The number of fused-ring (bicyclic) bond motifs is 4. The maximum absolute atomic E-state index is 13.3. The van der Waals surface area contributed by atoms with Crippen LogP contribution in [0.4, 0.5) is 0 Å². The lowest BCUT2D eigenvalue weighted by Crippen LogP contribution is -2.14. The molecule has 0 spiro atoms. The monoisotopic (exact) mass is 463 g/mol. The highest BCUT2D eigenvalue weighted by atomic mass is 32.1. The van der Waals surface area contributed by atoms with Gasteiger partial charge >= 0.3 is 5.97 Å². The third kappa shape index (κ3) is 2.94. The highest BCUT2D eigenvalue weighted by Gasteiger charge is 2.38. The molecule has 168 valence electrons. The Kier molecular flexibility index (Phi) is 4.42. The van der Waals surface area contributed by atoms with Gasteiger partial charge in [-0.1, -0.05) is 13.0 Å². The summed E-state index contributed by atoms with van der Waals surface area (Å²) >= 11 is 1.59. The molecule has 8 heteroatoms. The van der Waals surface area contributed by atoms with Gasteiger partial charge in [0.1, 0.15) is 13.2 Å². The van der Waals surface area contributed by atoms with Crippen LogP contribution in [0.3, 0.4) is 0 Å². The zero-order chi connectivity index (χ0) is 22.9. The number of allylic oxidation sites excluding steroid dienone is 1. The minimum absolute atomic E-state index is 0.0759. The van der Waals surface area contributed by atoms with Crippen molar-refractivity contribution in [1.29, 1.82) is 0 Å². The van der Waals surface area contributed by atoms with Crippen molar-refractivity contribution >= 4 is 34.0 Å². The highest BCUT2D eigenvalue weighted by Crippen LogP contribution is 2.48. The van der Waals surface area contributed by atoms with Gasteiger partial charge in [-0.15, -0.1) is 11.3 Å². The number of aromatic nitrogens is 1. The molecule has 6 rings (SSSR count). The fourth-order valence-corrected chi connectivity index (χ4v) is 5.68. The number of nitrogens with zero attached hydrogens (tertiary/aromatic N) is 1. The summed E-state index contributed by atoms with van der Waals surface area (Å²) in [6.07, 6.45) is 2.24. The highest BCUT2D eigenvalue weighted by molar-refractivity contribution is 7.14. The SMILES string of the molecule is CC1=CC(OC=C2C(=O)c3c(c4cc(-c5scc6c5OCCO6)ccc4n3C)C2C)OC1=O. The first-order chi connectivity index (χ1) is 15.9. The number of rotatable bonds is 3. The number of thiophene rings is 1. The van der Waals surface area contributed by atoms with Crippen LogP contribution in [-0.4, -0.2) is 35.8 Å². The Morgan fingerprint density at radius 2 is 2.03 bits per heavy atom. The van der Waals surface area contributed by atoms with Crippen LogP contribution in [0.25, 0.3) is 21.3 Å². The summed E-state index contributed by atoms with van der Waals surface area (Å²) in [5.41, 5.74) is 4.70. The number of cyclic esters (lactones) is 1. The van der Waals surface area contributed by atoms with Crippen molar-refractivity contribution in [3.8, 4) is 21.9 Å². The molecule has 0 saturated heterocycles. The molecule has 33 heavy (non-hydrogen) atoms. The summed E-state index contributed by atoms with van der Waals surface area (Å²) < 4.78 is 24.3. The van der Waals surface area contributed by atoms with E-state index < -0.39 is 12.3 Å². The Morgan fingerprint density at radius 3 is 2.82 bits per heavy atom. The van der Waals surface area contributed by atoms with E-state index in [4.69, 9.17) is 18.9 Å². The van der Waals surface area contributed by atoms with Crippen molar-refractivity contribution in [3.05, 3.63) is 58.3 Å². The molecule has 2 atom stereocenters. The van der Waals surface area contributed by atoms with E-state index in [-0.39, 0.29) is 11.7 Å². The molecular weight excluding hydrogens is 442 g/mol. The Labute approximate surface area is 193 Å². The molecule has 1 aliphatic carbocycles. The van der Waals surface area contributed by atoms with E-state index in [2.05, 4.69) is 12.1 Å². The number of carbonyl (C=O) groups excluding carboxylic acids is 2. The molecular formula is C25H21NO6S. The largest absolute Gasteiger partial charge is 0.485 e. The maximum Gasteiger partial charge on any atom is 0.336 e. The third-order valence-corrected chi connectivity index (χ3v) is 7.43. The van der Waals surface area contributed by atoms with Gasteiger partial charge in [-0.25, -0.2) is 4.79 Å². The quantitative estimate of drug-likeness (QED) is 0.318. The lowest BCUT2D eigenvalue weighted by molar-refractivity contribution is -0.152. The molecule has 0 fully saturated rings. The van der Waals surface area contributed by atoms with E-state index in [0.29, 0.717) is 30.1 Å². The van der Waals surface area contributed by atoms with Crippen LogP contribution in [-0.2, 0) is 21.3 Å². The van der Waals surface area contributed by atoms with Gasteiger partial charge in [0.05, 0.1) is 16.8 Å². The Hall–Kier alpha value is -3.52. The molecule has 0 radical (unpaired) electrons.